The van der Waals surface area contributed by atoms with E-state index in [-0.39, 0.29) is 18.4 Å². The van der Waals surface area contributed by atoms with Crippen LogP contribution in [0.2, 0.25) is 0 Å². The number of benzene rings is 2. The van der Waals surface area contributed by atoms with Crippen molar-refractivity contribution >= 4 is 34.4 Å². The normalized spacial score (nSPS) is 10.0. The predicted molar refractivity (Wildman–Crippen MR) is 94.6 cm³/mol. The average Bonchev–Trinajstić information content (AvgIpc) is 2.53. The van der Waals surface area contributed by atoms with Crippen molar-refractivity contribution in [1.82, 2.24) is 10.6 Å². The molecular weight excluding hydrogens is 391 g/mol. The Kier molecular flexibility index (Phi) is 6.39. The molecule has 0 radical (unpaired) electrons. The van der Waals surface area contributed by atoms with Gasteiger partial charge in [-0.2, -0.15) is 0 Å². The Balaban J connectivity index is 1.70. The van der Waals surface area contributed by atoms with E-state index in [9.17, 15) is 9.59 Å². The van der Waals surface area contributed by atoms with Crippen LogP contribution in [0.25, 0.3) is 0 Å². The molecule has 2 N–H and O–H groups in total. The predicted octanol–water partition coefficient (Wildman–Crippen LogP) is 2.38. The zero-order chi connectivity index (χ0) is 15.8. The molecule has 0 fully saturated rings. The summed E-state index contributed by atoms with van der Waals surface area (Å²) in [4.78, 5) is 23.6. The summed E-state index contributed by atoms with van der Waals surface area (Å²) < 4.78 is 0.984. The highest BCUT2D eigenvalue weighted by atomic mass is 127. The molecule has 0 aliphatic heterocycles. The lowest BCUT2D eigenvalue weighted by Crippen LogP contribution is -2.37. The molecule has 2 aromatic carbocycles. The van der Waals surface area contributed by atoms with Crippen molar-refractivity contribution in [3.63, 3.8) is 0 Å². The highest BCUT2D eigenvalue weighted by molar-refractivity contribution is 14.1. The van der Waals surface area contributed by atoms with Crippen molar-refractivity contribution < 1.29 is 9.59 Å². The molecule has 0 aliphatic rings. The second-order valence-electron chi connectivity index (χ2n) is 4.78. The lowest BCUT2D eigenvalue weighted by atomic mass is 10.1. The summed E-state index contributed by atoms with van der Waals surface area (Å²) in [5, 5.41) is 5.41. The topological polar surface area (TPSA) is 58.2 Å². The maximum atomic E-state index is 11.9. The molecule has 0 aliphatic carbocycles. The molecule has 114 valence electrons. The van der Waals surface area contributed by atoms with Crippen molar-refractivity contribution in [3.8, 4) is 0 Å². The lowest BCUT2D eigenvalue weighted by Gasteiger charge is -2.07. The SMILES string of the molecule is O=C(CNC(=O)c1cccc(I)c1)NCCc1ccccc1. The zero-order valence-corrected chi connectivity index (χ0v) is 14.2. The van der Waals surface area contributed by atoms with Gasteiger partial charge in [-0.05, 0) is 52.8 Å². The van der Waals surface area contributed by atoms with Crippen LogP contribution in [0.5, 0.6) is 0 Å². The highest BCUT2D eigenvalue weighted by Gasteiger charge is 2.07. The van der Waals surface area contributed by atoms with Gasteiger partial charge in [-0.25, -0.2) is 0 Å². The van der Waals surface area contributed by atoms with Crippen LogP contribution in [-0.2, 0) is 11.2 Å². The number of hydrogen-bond acceptors (Lipinski definition) is 2. The lowest BCUT2D eigenvalue weighted by molar-refractivity contribution is -0.120. The standard InChI is InChI=1S/C17H17IN2O2/c18-15-8-4-7-14(11-15)17(22)20-12-16(21)19-10-9-13-5-2-1-3-6-13/h1-8,11H,9-10,12H2,(H,19,21)(H,20,22). The van der Waals surface area contributed by atoms with E-state index in [1.807, 2.05) is 42.5 Å². The molecule has 0 heterocycles. The molecule has 0 saturated heterocycles. The van der Waals surface area contributed by atoms with Gasteiger partial charge in [0.1, 0.15) is 0 Å². The summed E-state index contributed by atoms with van der Waals surface area (Å²) in [5.74, 6) is -0.424. The van der Waals surface area contributed by atoms with Gasteiger partial charge in [-0.1, -0.05) is 36.4 Å². The number of amides is 2. The fourth-order valence-electron chi connectivity index (χ4n) is 1.95. The van der Waals surface area contributed by atoms with Gasteiger partial charge in [-0.15, -0.1) is 0 Å². The summed E-state index contributed by atoms with van der Waals surface area (Å²) in [6.45, 7) is 0.543. The average molecular weight is 408 g/mol. The van der Waals surface area contributed by atoms with Crippen molar-refractivity contribution in [2.24, 2.45) is 0 Å². The first-order valence-corrected chi connectivity index (χ1v) is 8.07. The van der Waals surface area contributed by atoms with E-state index in [1.165, 1.54) is 5.56 Å². The van der Waals surface area contributed by atoms with E-state index in [0.29, 0.717) is 12.1 Å². The van der Waals surface area contributed by atoms with E-state index in [2.05, 4.69) is 33.2 Å². The Hall–Kier alpha value is -1.89. The smallest absolute Gasteiger partial charge is 0.251 e. The van der Waals surface area contributed by atoms with Crippen LogP contribution in [0, 0.1) is 3.57 Å². The summed E-state index contributed by atoms with van der Waals surface area (Å²) >= 11 is 2.15. The van der Waals surface area contributed by atoms with Crippen LogP contribution in [0.3, 0.4) is 0 Å². The fourth-order valence-corrected chi connectivity index (χ4v) is 2.49. The Morgan fingerprint density at radius 2 is 1.73 bits per heavy atom. The maximum absolute atomic E-state index is 11.9. The van der Waals surface area contributed by atoms with Gasteiger partial charge >= 0.3 is 0 Å². The number of carbonyl (C=O) groups excluding carboxylic acids is 2. The second-order valence-corrected chi connectivity index (χ2v) is 6.02. The molecule has 0 spiro atoms. The molecule has 5 heteroatoms. The molecule has 0 atom stereocenters. The molecule has 2 aromatic rings. The van der Waals surface area contributed by atoms with Crippen molar-refractivity contribution in [3.05, 3.63) is 69.3 Å². The monoisotopic (exact) mass is 408 g/mol. The first kappa shape index (κ1) is 16.5. The van der Waals surface area contributed by atoms with Gasteiger partial charge < -0.3 is 10.6 Å². The van der Waals surface area contributed by atoms with Crippen molar-refractivity contribution in [2.45, 2.75) is 6.42 Å². The van der Waals surface area contributed by atoms with Gasteiger partial charge in [0.25, 0.3) is 5.91 Å². The Morgan fingerprint density at radius 1 is 0.955 bits per heavy atom. The van der Waals surface area contributed by atoms with Crippen molar-refractivity contribution in [1.29, 1.82) is 0 Å². The molecular formula is C17H17IN2O2. The number of halogens is 1. The Bertz CT molecular complexity index is 644. The van der Waals surface area contributed by atoms with Gasteiger partial charge in [-0.3, -0.25) is 9.59 Å². The van der Waals surface area contributed by atoms with Crippen LogP contribution >= 0.6 is 22.6 Å². The quantitative estimate of drug-likeness (QED) is 0.722. The third kappa shape index (κ3) is 5.48. The van der Waals surface area contributed by atoms with Gasteiger partial charge in [0.2, 0.25) is 5.91 Å². The number of nitrogens with one attached hydrogen (secondary N) is 2. The summed E-state index contributed by atoms with van der Waals surface area (Å²) in [6.07, 6.45) is 0.775. The fraction of sp³-hybridized carbons (Fsp3) is 0.176. The molecule has 0 unspecified atom stereocenters. The third-order valence-corrected chi connectivity index (χ3v) is 3.75. The van der Waals surface area contributed by atoms with Gasteiger partial charge in [0.15, 0.2) is 0 Å². The molecule has 0 bridgehead atoms. The maximum Gasteiger partial charge on any atom is 0.251 e. The van der Waals surface area contributed by atoms with E-state index >= 15 is 0 Å². The minimum Gasteiger partial charge on any atom is -0.354 e. The molecule has 2 rings (SSSR count). The number of carbonyl (C=O) groups is 2. The molecule has 0 saturated carbocycles. The van der Waals surface area contributed by atoms with Crippen LogP contribution in [0.15, 0.2) is 54.6 Å². The van der Waals surface area contributed by atoms with Crippen molar-refractivity contribution in [2.75, 3.05) is 13.1 Å². The molecule has 0 aromatic heterocycles. The number of hydrogen-bond donors (Lipinski definition) is 2. The van der Waals surface area contributed by atoms with Crippen LogP contribution in [-0.4, -0.2) is 24.9 Å². The third-order valence-electron chi connectivity index (χ3n) is 3.07. The minimum atomic E-state index is -0.239. The van der Waals surface area contributed by atoms with Crippen LogP contribution in [0.4, 0.5) is 0 Å². The zero-order valence-electron chi connectivity index (χ0n) is 12.0. The van der Waals surface area contributed by atoms with E-state index in [0.717, 1.165) is 9.99 Å². The van der Waals surface area contributed by atoms with E-state index < -0.39 is 0 Å². The minimum absolute atomic E-state index is 0.0148. The van der Waals surface area contributed by atoms with Gasteiger partial charge in [0, 0.05) is 15.7 Å². The van der Waals surface area contributed by atoms with Gasteiger partial charge in [0.05, 0.1) is 6.54 Å². The van der Waals surface area contributed by atoms with Crippen LogP contribution in [0.1, 0.15) is 15.9 Å². The highest BCUT2D eigenvalue weighted by Crippen LogP contribution is 2.07. The molecule has 2 amide bonds. The second kappa shape index (κ2) is 8.53. The largest absolute Gasteiger partial charge is 0.354 e. The molecule has 4 nitrogen and oxygen atoms in total. The Morgan fingerprint density at radius 3 is 2.45 bits per heavy atom. The number of rotatable bonds is 6. The first-order chi connectivity index (χ1) is 10.6. The van der Waals surface area contributed by atoms with Crippen LogP contribution < -0.4 is 10.6 Å². The van der Waals surface area contributed by atoms with E-state index in [1.54, 1.807) is 12.1 Å². The first-order valence-electron chi connectivity index (χ1n) is 6.99. The van der Waals surface area contributed by atoms with E-state index in [4.69, 9.17) is 0 Å². The summed E-state index contributed by atoms with van der Waals surface area (Å²) in [7, 11) is 0. The summed E-state index contributed by atoms with van der Waals surface area (Å²) in [5.41, 5.74) is 1.73. The Labute approximate surface area is 143 Å². The summed E-state index contributed by atoms with van der Waals surface area (Å²) in [6, 6.07) is 17.2. The molecule has 22 heavy (non-hydrogen) atoms.